The number of nitrogen functional groups attached to an aromatic ring is 1. The van der Waals surface area contributed by atoms with E-state index in [1.807, 2.05) is 6.92 Å². The van der Waals surface area contributed by atoms with Crippen molar-refractivity contribution < 1.29 is 14.8 Å². The monoisotopic (exact) mass is 514 g/mol. The van der Waals surface area contributed by atoms with Crippen molar-refractivity contribution in [1.29, 1.82) is 0 Å². The van der Waals surface area contributed by atoms with Crippen LogP contribution in [0, 0.1) is 0 Å². The lowest BCUT2D eigenvalue weighted by molar-refractivity contribution is 0.0706. The number of halogens is 2. The van der Waals surface area contributed by atoms with Crippen LogP contribution in [0.15, 0.2) is 48.7 Å². The van der Waals surface area contributed by atoms with Gasteiger partial charge in [0, 0.05) is 35.3 Å². The van der Waals surface area contributed by atoms with Crippen LogP contribution >= 0.6 is 23.2 Å². The van der Waals surface area contributed by atoms with Gasteiger partial charge in [-0.2, -0.15) is 0 Å². The molecule has 1 saturated heterocycles. The van der Waals surface area contributed by atoms with Gasteiger partial charge in [0.1, 0.15) is 11.5 Å². The van der Waals surface area contributed by atoms with Crippen molar-refractivity contribution in [3.05, 3.63) is 69.8 Å². The minimum atomic E-state index is -0.635. The summed E-state index contributed by atoms with van der Waals surface area (Å²) < 4.78 is 0. The zero-order valence-electron chi connectivity index (χ0n) is 18.9. The summed E-state index contributed by atoms with van der Waals surface area (Å²) in [5, 5.41) is 12.6. The molecule has 2 heterocycles. The zero-order valence-corrected chi connectivity index (χ0v) is 20.4. The molecule has 1 fully saturated rings. The molecule has 1 aliphatic rings. The molecule has 2 amide bonds. The maximum atomic E-state index is 12.8. The van der Waals surface area contributed by atoms with E-state index in [4.69, 9.17) is 34.1 Å². The quantitative estimate of drug-likeness (QED) is 0.299. The summed E-state index contributed by atoms with van der Waals surface area (Å²) in [5.41, 5.74) is 9.13. The first-order chi connectivity index (χ1) is 16.7. The van der Waals surface area contributed by atoms with Crippen LogP contribution in [0.2, 0.25) is 10.0 Å². The number of anilines is 2. The predicted molar refractivity (Wildman–Crippen MR) is 135 cm³/mol. The summed E-state index contributed by atoms with van der Waals surface area (Å²) >= 11 is 12.4. The smallest absolute Gasteiger partial charge is 0.274 e. The van der Waals surface area contributed by atoms with Gasteiger partial charge in [0.05, 0.1) is 16.2 Å². The van der Waals surface area contributed by atoms with Crippen LogP contribution in [0.1, 0.15) is 40.5 Å². The van der Waals surface area contributed by atoms with E-state index in [1.54, 1.807) is 42.0 Å². The Labute approximate surface area is 212 Å². The van der Waals surface area contributed by atoms with Crippen molar-refractivity contribution in [1.82, 2.24) is 20.8 Å². The van der Waals surface area contributed by atoms with Crippen molar-refractivity contribution in [3.8, 4) is 11.3 Å². The van der Waals surface area contributed by atoms with Crippen LogP contribution in [-0.2, 0) is 0 Å². The molecule has 5 N–H and O–H groups in total. The van der Waals surface area contributed by atoms with Crippen LogP contribution < -0.4 is 21.4 Å². The van der Waals surface area contributed by atoms with E-state index in [0.717, 1.165) is 0 Å². The van der Waals surface area contributed by atoms with Crippen molar-refractivity contribution in [3.63, 3.8) is 0 Å². The molecule has 4 rings (SSSR count). The number of nitrogens with zero attached hydrogens (tertiary/aromatic N) is 3. The molecule has 0 unspecified atom stereocenters. The predicted octanol–water partition coefficient (Wildman–Crippen LogP) is 3.94. The number of carbonyl (C=O) groups is 2. The highest BCUT2D eigenvalue weighted by Gasteiger charge is 2.32. The molecule has 0 atom stereocenters. The van der Waals surface area contributed by atoms with Gasteiger partial charge in [0.15, 0.2) is 5.82 Å². The van der Waals surface area contributed by atoms with Crippen LogP contribution in [0.25, 0.3) is 11.3 Å². The number of hydroxylamine groups is 1. The standard InChI is InChI=1S/C24H24Cl2N6O3/c1-24(30-22(33)14-5-7-15(8-6-14)23(34)31-35)9-11-32(12-10-24)18-13-28-20(21(27)29-18)16-3-2-4-17(25)19(16)26/h2-8,13,35H,9-12H2,1H3,(H2,27,29)(H,30,33)(H,31,34). The fourth-order valence-electron chi connectivity index (χ4n) is 3.98. The van der Waals surface area contributed by atoms with Gasteiger partial charge < -0.3 is 16.0 Å². The number of nitrogens with two attached hydrogens (primary N) is 1. The van der Waals surface area contributed by atoms with E-state index in [2.05, 4.69) is 20.2 Å². The number of hydrogen-bond acceptors (Lipinski definition) is 7. The Morgan fingerprint density at radius 2 is 1.69 bits per heavy atom. The van der Waals surface area contributed by atoms with Crippen LogP contribution in [0.4, 0.5) is 11.6 Å². The van der Waals surface area contributed by atoms with E-state index in [-0.39, 0.29) is 17.3 Å². The third-order valence-electron chi connectivity index (χ3n) is 6.11. The maximum absolute atomic E-state index is 12.8. The van der Waals surface area contributed by atoms with Crippen LogP contribution in [0.3, 0.4) is 0 Å². The summed E-state index contributed by atoms with van der Waals surface area (Å²) in [5.74, 6) is 0.0366. The molecule has 1 aromatic heterocycles. The van der Waals surface area contributed by atoms with Gasteiger partial charge in [-0.05, 0) is 50.1 Å². The number of amides is 2. The van der Waals surface area contributed by atoms with Crippen molar-refractivity contribution in [2.24, 2.45) is 0 Å². The number of piperidine rings is 1. The summed E-state index contributed by atoms with van der Waals surface area (Å²) in [7, 11) is 0. The molecule has 0 spiro atoms. The lowest BCUT2D eigenvalue weighted by Crippen LogP contribution is -2.53. The molecule has 9 nitrogen and oxygen atoms in total. The van der Waals surface area contributed by atoms with Crippen molar-refractivity contribution in [2.75, 3.05) is 23.7 Å². The molecule has 11 heteroatoms. The van der Waals surface area contributed by atoms with Gasteiger partial charge in [-0.3, -0.25) is 14.8 Å². The highest BCUT2D eigenvalue weighted by atomic mass is 35.5. The number of rotatable bonds is 5. The molecular formula is C24H24Cl2N6O3. The zero-order chi connectivity index (χ0) is 25.2. The average Bonchev–Trinajstić information content (AvgIpc) is 2.86. The van der Waals surface area contributed by atoms with E-state index in [9.17, 15) is 9.59 Å². The summed E-state index contributed by atoms with van der Waals surface area (Å²) in [6.07, 6.45) is 3.04. The summed E-state index contributed by atoms with van der Waals surface area (Å²) in [6.45, 7) is 3.30. The van der Waals surface area contributed by atoms with Gasteiger partial charge in [0.2, 0.25) is 0 Å². The second-order valence-electron chi connectivity index (χ2n) is 8.58. The first-order valence-electron chi connectivity index (χ1n) is 10.9. The average molecular weight is 515 g/mol. The van der Waals surface area contributed by atoms with E-state index < -0.39 is 11.4 Å². The SMILES string of the molecule is CC1(NC(=O)c2ccc(C(=O)NO)cc2)CCN(c2cnc(-c3cccc(Cl)c3Cl)c(N)n2)CC1. The molecule has 0 radical (unpaired) electrons. The van der Waals surface area contributed by atoms with Crippen LogP contribution in [0.5, 0.6) is 0 Å². The summed E-state index contributed by atoms with van der Waals surface area (Å²) in [6, 6.07) is 11.3. The van der Waals surface area contributed by atoms with E-state index >= 15 is 0 Å². The van der Waals surface area contributed by atoms with Gasteiger partial charge in [-0.15, -0.1) is 0 Å². The highest BCUT2D eigenvalue weighted by molar-refractivity contribution is 6.43. The molecular weight excluding hydrogens is 491 g/mol. The third-order valence-corrected chi connectivity index (χ3v) is 6.93. The van der Waals surface area contributed by atoms with Gasteiger partial charge in [0.25, 0.3) is 11.8 Å². The topological polar surface area (TPSA) is 133 Å². The van der Waals surface area contributed by atoms with Gasteiger partial charge in [-0.25, -0.2) is 15.4 Å². The molecule has 35 heavy (non-hydrogen) atoms. The Kier molecular flexibility index (Phi) is 7.11. The molecule has 1 aliphatic heterocycles. The molecule has 0 bridgehead atoms. The normalized spacial score (nSPS) is 14.9. The number of aromatic nitrogens is 2. The van der Waals surface area contributed by atoms with Crippen molar-refractivity contribution in [2.45, 2.75) is 25.3 Å². The second-order valence-corrected chi connectivity index (χ2v) is 9.37. The van der Waals surface area contributed by atoms with Gasteiger partial charge in [-0.1, -0.05) is 35.3 Å². The minimum Gasteiger partial charge on any atom is -0.382 e. The molecule has 0 aliphatic carbocycles. The fourth-order valence-corrected chi connectivity index (χ4v) is 4.37. The number of benzene rings is 2. The Morgan fingerprint density at radius 1 is 1.06 bits per heavy atom. The Balaban J connectivity index is 1.40. The van der Waals surface area contributed by atoms with Crippen molar-refractivity contribution >= 4 is 46.7 Å². The van der Waals surface area contributed by atoms with E-state index in [0.29, 0.717) is 58.6 Å². The largest absolute Gasteiger partial charge is 0.382 e. The summed E-state index contributed by atoms with van der Waals surface area (Å²) in [4.78, 5) is 35.3. The number of carbonyl (C=O) groups excluding carboxylic acids is 2. The third kappa shape index (κ3) is 5.32. The highest BCUT2D eigenvalue weighted by Crippen LogP contribution is 2.35. The fraction of sp³-hybridized carbons (Fsp3) is 0.250. The van der Waals surface area contributed by atoms with Crippen LogP contribution in [-0.4, -0.2) is 45.6 Å². The number of hydrogen-bond donors (Lipinski definition) is 4. The molecule has 3 aromatic rings. The Morgan fingerprint density at radius 3 is 2.29 bits per heavy atom. The molecule has 0 saturated carbocycles. The first kappa shape index (κ1) is 24.7. The maximum Gasteiger partial charge on any atom is 0.274 e. The lowest BCUT2D eigenvalue weighted by atomic mass is 9.89. The molecule has 2 aromatic carbocycles. The minimum absolute atomic E-state index is 0.233. The lowest BCUT2D eigenvalue weighted by Gasteiger charge is -2.40. The van der Waals surface area contributed by atoms with Gasteiger partial charge >= 0.3 is 0 Å². The number of nitrogens with one attached hydrogen (secondary N) is 2. The second kappa shape index (κ2) is 10.1. The van der Waals surface area contributed by atoms with E-state index in [1.165, 1.54) is 12.1 Å². The Bertz CT molecular complexity index is 1260. The Hall–Kier alpha value is -3.40. The first-order valence-corrected chi connectivity index (χ1v) is 11.7. The molecule has 182 valence electrons.